The van der Waals surface area contributed by atoms with Crippen molar-refractivity contribution in [2.24, 2.45) is 0 Å². The van der Waals surface area contributed by atoms with E-state index in [0.717, 1.165) is 33.6 Å². The van der Waals surface area contributed by atoms with Gasteiger partial charge in [-0.2, -0.15) is 0 Å². The minimum Gasteiger partial charge on any atom is -0.307 e. The number of hydrogen-bond acceptors (Lipinski definition) is 2. The Bertz CT molecular complexity index is 2770. The van der Waals surface area contributed by atoms with Crippen molar-refractivity contribution < 1.29 is 0 Å². The van der Waals surface area contributed by atoms with E-state index in [1.165, 1.54) is 54.1 Å². The van der Waals surface area contributed by atoms with Crippen molar-refractivity contribution in [3.63, 3.8) is 0 Å². The Morgan fingerprint density at radius 1 is 0.409 bits per heavy atom. The topological polar surface area (TPSA) is 35.6 Å². The number of hydrogen-bond donors (Lipinski definition) is 0. The summed E-state index contributed by atoms with van der Waals surface area (Å²) in [6.45, 7) is 0. The van der Waals surface area contributed by atoms with Gasteiger partial charge in [0, 0.05) is 33.4 Å². The number of para-hydroxylation sites is 1. The average Bonchev–Trinajstić information content (AvgIpc) is 3.62. The first-order valence-corrected chi connectivity index (χ1v) is 14.9. The first-order chi connectivity index (χ1) is 21.8. The molecule has 10 aromatic rings. The fourth-order valence-corrected chi connectivity index (χ4v) is 7.29. The Morgan fingerprint density at radius 3 is 1.73 bits per heavy atom. The van der Waals surface area contributed by atoms with Crippen LogP contribution < -0.4 is 0 Å². The molecule has 0 amide bonds. The lowest BCUT2D eigenvalue weighted by Crippen LogP contribution is -2.00. The summed E-state index contributed by atoms with van der Waals surface area (Å²) in [5, 5.41) is 9.90. The zero-order valence-corrected chi connectivity index (χ0v) is 23.6. The molecule has 0 radical (unpaired) electrons. The summed E-state index contributed by atoms with van der Waals surface area (Å²) < 4.78 is 4.81. The summed E-state index contributed by atoms with van der Waals surface area (Å²) in [5.41, 5.74) is 7.54. The number of aromatic nitrogens is 4. The van der Waals surface area contributed by atoms with Crippen molar-refractivity contribution in [2.45, 2.75) is 0 Å². The molecule has 204 valence electrons. The molecule has 0 saturated heterocycles. The van der Waals surface area contributed by atoms with Crippen LogP contribution in [0.1, 0.15) is 0 Å². The maximum absolute atomic E-state index is 5.20. The van der Waals surface area contributed by atoms with E-state index in [9.17, 15) is 0 Å². The zero-order chi connectivity index (χ0) is 28.8. The fraction of sp³-hybridized carbons (Fsp3) is 0. The number of benzene rings is 6. The predicted octanol–water partition coefficient (Wildman–Crippen LogP) is 10.1. The van der Waals surface area contributed by atoms with Crippen LogP contribution in [0.5, 0.6) is 0 Å². The largest absolute Gasteiger partial charge is 0.307 e. The Hall–Kier alpha value is -6.00. The third-order valence-electron chi connectivity index (χ3n) is 9.12. The first-order valence-electron chi connectivity index (χ1n) is 14.9. The van der Waals surface area contributed by atoms with Gasteiger partial charge in [0.15, 0.2) is 0 Å². The van der Waals surface area contributed by atoms with Crippen LogP contribution in [0.15, 0.2) is 146 Å². The summed E-state index contributed by atoms with van der Waals surface area (Å²) in [5.74, 6) is 0.878. The van der Waals surface area contributed by atoms with E-state index >= 15 is 0 Å². The number of fused-ring (bicyclic) bond motifs is 12. The van der Waals surface area contributed by atoms with Gasteiger partial charge in [-0.15, -0.1) is 0 Å². The van der Waals surface area contributed by atoms with Gasteiger partial charge in [0.05, 0.1) is 33.1 Å². The summed E-state index contributed by atoms with van der Waals surface area (Å²) in [6, 6.07) is 50.0. The molecule has 10 rings (SSSR count). The summed E-state index contributed by atoms with van der Waals surface area (Å²) in [6.07, 6.45) is 1.82. The van der Waals surface area contributed by atoms with E-state index in [1.54, 1.807) is 0 Å². The van der Waals surface area contributed by atoms with Crippen LogP contribution in [-0.2, 0) is 0 Å². The SMILES string of the molecule is c1ccc(-n2c3ccc4ccccc4c3c3ccc4c5c6ccccc6ccc5n(-c5ccc6ncccc6n5)c4c32)cc1. The van der Waals surface area contributed by atoms with Crippen molar-refractivity contribution in [3.8, 4) is 11.5 Å². The van der Waals surface area contributed by atoms with Gasteiger partial charge in [0.2, 0.25) is 0 Å². The third kappa shape index (κ3) is 3.11. The van der Waals surface area contributed by atoms with Crippen molar-refractivity contribution in [1.82, 2.24) is 19.1 Å². The highest BCUT2D eigenvalue weighted by atomic mass is 15.1. The van der Waals surface area contributed by atoms with E-state index < -0.39 is 0 Å². The normalized spacial score (nSPS) is 12.1. The highest BCUT2D eigenvalue weighted by Gasteiger charge is 2.23. The van der Waals surface area contributed by atoms with E-state index in [0.29, 0.717) is 0 Å². The van der Waals surface area contributed by atoms with Crippen LogP contribution in [-0.4, -0.2) is 19.1 Å². The highest BCUT2D eigenvalue weighted by Crippen LogP contribution is 2.44. The van der Waals surface area contributed by atoms with Crippen LogP contribution in [0.25, 0.3) is 87.7 Å². The van der Waals surface area contributed by atoms with Crippen LogP contribution in [0.2, 0.25) is 0 Å². The Kier molecular flexibility index (Phi) is 4.69. The summed E-state index contributed by atoms with van der Waals surface area (Å²) in [4.78, 5) is 9.76. The first kappa shape index (κ1) is 23.6. The summed E-state index contributed by atoms with van der Waals surface area (Å²) in [7, 11) is 0. The van der Waals surface area contributed by atoms with Crippen LogP contribution >= 0.6 is 0 Å². The van der Waals surface area contributed by atoms with Gasteiger partial charge >= 0.3 is 0 Å². The molecule has 0 N–H and O–H groups in total. The second kappa shape index (κ2) is 8.76. The molecule has 44 heavy (non-hydrogen) atoms. The fourth-order valence-electron chi connectivity index (χ4n) is 7.29. The Labute approximate surface area is 252 Å². The number of pyridine rings is 2. The predicted molar refractivity (Wildman–Crippen MR) is 183 cm³/mol. The van der Waals surface area contributed by atoms with E-state index in [4.69, 9.17) is 4.98 Å². The summed E-state index contributed by atoms with van der Waals surface area (Å²) >= 11 is 0. The van der Waals surface area contributed by atoms with Gasteiger partial charge < -0.3 is 4.57 Å². The second-order valence-corrected chi connectivity index (χ2v) is 11.4. The maximum atomic E-state index is 5.20. The Balaban J connectivity index is 1.51. The molecule has 0 aliphatic rings. The quantitative estimate of drug-likeness (QED) is 0.211. The van der Waals surface area contributed by atoms with Crippen molar-refractivity contribution in [3.05, 3.63) is 146 Å². The van der Waals surface area contributed by atoms with Gasteiger partial charge in [-0.1, -0.05) is 91.0 Å². The lowest BCUT2D eigenvalue weighted by atomic mass is 10.0. The van der Waals surface area contributed by atoms with Crippen molar-refractivity contribution in [2.75, 3.05) is 0 Å². The molecule has 4 aromatic heterocycles. The number of nitrogens with zero attached hydrogens (tertiary/aromatic N) is 4. The van der Waals surface area contributed by atoms with Crippen LogP contribution in [0.3, 0.4) is 0 Å². The van der Waals surface area contributed by atoms with Gasteiger partial charge in [-0.25, -0.2) is 4.98 Å². The van der Waals surface area contributed by atoms with Crippen LogP contribution in [0.4, 0.5) is 0 Å². The molecule has 0 aliphatic heterocycles. The molecule has 4 heteroatoms. The van der Waals surface area contributed by atoms with Crippen molar-refractivity contribution in [1.29, 1.82) is 0 Å². The van der Waals surface area contributed by atoms with E-state index in [1.807, 2.05) is 18.3 Å². The molecular weight excluding hydrogens is 536 g/mol. The van der Waals surface area contributed by atoms with Gasteiger partial charge in [0.1, 0.15) is 5.82 Å². The van der Waals surface area contributed by atoms with Gasteiger partial charge in [-0.05, 0) is 70.1 Å². The molecule has 0 unspecified atom stereocenters. The lowest BCUT2D eigenvalue weighted by molar-refractivity contribution is 1.09. The average molecular weight is 561 g/mol. The van der Waals surface area contributed by atoms with E-state index in [2.05, 4.69) is 142 Å². The molecule has 0 spiro atoms. The molecule has 0 fully saturated rings. The lowest BCUT2D eigenvalue weighted by Gasteiger charge is -2.12. The van der Waals surface area contributed by atoms with Crippen LogP contribution in [0, 0.1) is 0 Å². The van der Waals surface area contributed by atoms with Gasteiger partial charge in [-0.3, -0.25) is 9.55 Å². The van der Waals surface area contributed by atoms with Crippen molar-refractivity contribution >= 4 is 76.2 Å². The molecule has 6 aromatic carbocycles. The molecule has 4 nitrogen and oxygen atoms in total. The molecule has 0 atom stereocenters. The molecular formula is C40H24N4. The molecule has 0 saturated carbocycles. The zero-order valence-electron chi connectivity index (χ0n) is 23.6. The molecule has 0 bridgehead atoms. The standard InChI is InChI=1S/C40H24N4/c1-2-11-27(12-3-1)43-34-21-16-25-9-4-6-13-28(25)37(34)30-18-19-31-38-29-14-7-5-10-26(29)17-22-35(38)44(40(31)39(30)43)36-23-20-32-33(42-36)15-8-24-41-32/h1-24H. The minimum absolute atomic E-state index is 0.877. The van der Waals surface area contributed by atoms with Gasteiger partial charge in [0.25, 0.3) is 0 Å². The second-order valence-electron chi connectivity index (χ2n) is 11.4. The third-order valence-corrected chi connectivity index (χ3v) is 9.12. The monoisotopic (exact) mass is 560 g/mol. The van der Waals surface area contributed by atoms with E-state index in [-0.39, 0.29) is 0 Å². The molecule has 0 aliphatic carbocycles. The molecule has 4 heterocycles. The minimum atomic E-state index is 0.877. The number of rotatable bonds is 2. The highest BCUT2D eigenvalue weighted by molar-refractivity contribution is 6.31. The Morgan fingerprint density at radius 2 is 1.02 bits per heavy atom. The maximum Gasteiger partial charge on any atom is 0.138 e. The smallest absolute Gasteiger partial charge is 0.138 e.